The van der Waals surface area contributed by atoms with Crippen molar-refractivity contribution in [2.45, 2.75) is 50.4 Å². The number of nitrogens with zero attached hydrogens (tertiary/aromatic N) is 8. The fraction of sp³-hybridized carbons (Fsp3) is 0.412. The van der Waals surface area contributed by atoms with Gasteiger partial charge in [-0.3, -0.25) is 4.79 Å². The molecule has 2 saturated carbocycles. The molecule has 240 valence electrons. The SMILES string of the molecule is COc1cc(C(=O)N2C[C@H]3CC[C@@H]2[C@@H]3N)cc2nc(-c3cc4cccnc4n3CC3CC3)n(C3CN(c4nccc(C(=O)O)n4)C3)c12. The number of hydrogen-bond donors (Lipinski definition) is 2. The third kappa shape index (κ3) is 4.47. The molecule has 0 radical (unpaired) electrons. The first-order valence-corrected chi connectivity index (χ1v) is 16.3. The fourth-order valence-electron chi connectivity index (χ4n) is 7.87. The summed E-state index contributed by atoms with van der Waals surface area (Å²) in [5, 5.41) is 10.5. The minimum Gasteiger partial charge on any atom is -0.494 e. The van der Waals surface area contributed by atoms with Crippen LogP contribution in [0.25, 0.3) is 33.6 Å². The third-order valence-corrected chi connectivity index (χ3v) is 10.5. The first kappa shape index (κ1) is 28.2. The summed E-state index contributed by atoms with van der Waals surface area (Å²) in [6.45, 7) is 2.62. The number of carboxylic acid groups (broad SMARTS) is 1. The number of carboxylic acids is 1. The zero-order valence-corrected chi connectivity index (χ0v) is 26.0. The number of hydrogen-bond acceptors (Lipinski definition) is 9. The number of piperidine rings is 1. The van der Waals surface area contributed by atoms with E-state index in [1.54, 1.807) is 7.11 Å². The number of aromatic nitrogens is 6. The summed E-state index contributed by atoms with van der Waals surface area (Å²) < 4.78 is 10.5. The molecule has 0 unspecified atom stereocenters. The van der Waals surface area contributed by atoms with Crippen LogP contribution in [-0.2, 0) is 6.54 Å². The molecule has 0 spiro atoms. The normalized spacial score (nSPS) is 22.4. The maximum atomic E-state index is 13.9. The molecule has 3 N–H and O–H groups in total. The van der Waals surface area contributed by atoms with Crippen LogP contribution in [-0.4, -0.2) is 89.8 Å². The van der Waals surface area contributed by atoms with E-state index in [1.807, 2.05) is 34.2 Å². The highest BCUT2D eigenvalue weighted by Gasteiger charge is 2.47. The van der Waals surface area contributed by atoms with Gasteiger partial charge in [-0.15, -0.1) is 0 Å². The second kappa shape index (κ2) is 10.5. The van der Waals surface area contributed by atoms with Crippen molar-refractivity contribution in [2.75, 3.05) is 31.6 Å². The smallest absolute Gasteiger partial charge is 0.354 e. The summed E-state index contributed by atoms with van der Waals surface area (Å²) >= 11 is 0. The van der Waals surface area contributed by atoms with Crippen LogP contribution in [0.1, 0.15) is 52.6 Å². The van der Waals surface area contributed by atoms with E-state index in [9.17, 15) is 14.7 Å². The van der Waals surface area contributed by atoms with Gasteiger partial charge in [-0.2, -0.15) is 0 Å². The van der Waals surface area contributed by atoms with Crippen LogP contribution in [0, 0.1) is 11.8 Å². The van der Waals surface area contributed by atoms with Gasteiger partial charge in [0.1, 0.15) is 16.9 Å². The van der Waals surface area contributed by atoms with Crippen molar-refractivity contribution in [3.05, 3.63) is 60.0 Å². The Bertz CT molecular complexity index is 2080. The summed E-state index contributed by atoms with van der Waals surface area (Å²) in [4.78, 5) is 48.0. The van der Waals surface area contributed by atoms with E-state index < -0.39 is 5.97 Å². The molecule has 3 atom stereocenters. The van der Waals surface area contributed by atoms with Crippen molar-refractivity contribution >= 4 is 39.9 Å². The Morgan fingerprint density at radius 1 is 1.02 bits per heavy atom. The van der Waals surface area contributed by atoms with E-state index in [0.29, 0.717) is 54.2 Å². The van der Waals surface area contributed by atoms with Gasteiger partial charge in [0.2, 0.25) is 5.95 Å². The van der Waals surface area contributed by atoms with Gasteiger partial charge in [0.25, 0.3) is 5.91 Å². The van der Waals surface area contributed by atoms with Gasteiger partial charge in [0, 0.05) is 61.6 Å². The minimum atomic E-state index is -1.09. The molecule has 4 aromatic heterocycles. The van der Waals surface area contributed by atoms with E-state index in [1.165, 1.54) is 25.1 Å². The highest BCUT2D eigenvalue weighted by molar-refractivity contribution is 6.00. The molecule has 2 saturated heterocycles. The van der Waals surface area contributed by atoms with Crippen LogP contribution < -0.4 is 15.4 Å². The van der Waals surface area contributed by atoms with Crippen LogP contribution in [0.2, 0.25) is 0 Å². The molecule has 4 fully saturated rings. The minimum absolute atomic E-state index is 0.0270. The average molecular weight is 634 g/mol. The van der Waals surface area contributed by atoms with Crippen LogP contribution in [0.15, 0.2) is 48.8 Å². The first-order chi connectivity index (χ1) is 22.9. The van der Waals surface area contributed by atoms with Crippen molar-refractivity contribution in [1.29, 1.82) is 0 Å². The second-order valence-corrected chi connectivity index (χ2v) is 13.4. The number of benzene rings is 1. The number of likely N-dealkylation sites (tertiary alicyclic amines) is 1. The van der Waals surface area contributed by atoms with Gasteiger partial charge in [0.05, 0.1) is 24.4 Å². The number of fused-ring (bicyclic) bond motifs is 4. The number of rotatable bonds is 8. The Morgan fingerprint density at radius 3 is 2.60 bits per heavy atom. The predicted molar refractivity (Wildman–Crippen MR) is 174 cm³/mol. The molecule has 6 heterocycles. The standard InChI is InChI=1S/C34H35N9O4/c1-47-27-13-21(32(44)42-15-20-6-7-25(42)28(20)35)11-24-29(27)43(22-16-40(17-22)34-37-10-8-23(39-34)33(45)46)31(38-24)26-12-19-3-2-9-36-30(19)41(26)14-18-4-5-18/h2-3,8-13,18,20,22,25,28H,4-7,14-17,35H2,1H3,(H,45,46)/t20-,25-,28-/m1/s1. The van der Waals surface area contributed by atoms with Crippen LogP contribution >= 0.6 is 0 Å². The zero-order valence-electron chi connectivity index (χ0n) is 26.0. The topological polar surface area (TPSA) is 158 Å². The Balaban J connectivity index is 1.17. The average Bonchev–Trinajstić information content (AvgIpc) is 3.41. The largest absolute Gasteiger partial charge is 0.494 e. The van der Waals surface area contributed by atoms with Gasteiger partial charge >= 0.3 is 5.97 Å². The molecule has 1 amide bonds. The van der Waals surface area contributed by atoms with Crippen LogP contribution in [0.3, 0.4) is 0 Å². The lowest BCUT2D eigenvalue weighted by Gasteiger charge is -2.41. The predicted octanol–water partition coefficient (Wildman–Crippen LogP) is 3.58. The van der Waals surface area contributed by atoms with Crippen molar-refractivity contribution < 1.29 is 19.4 Å². The number of aromatic carboxylic acids is 1. The number of carbonyl (C=O) groups excluding carboxylic acids is 1. The Hall–Kier alpha value is -5.04. The highest BCUT2D eigenvalue weighted by atomic mass is 16.5. The number of methoxy groups -OCH3 is 1. The number of pyridine rings is 1. The van der Waals surface area contributed by atoms with Gasteiger partial charge in [-0.1, -0.05) is 0 Å². The summed E-state index contributed by atoms with van der Waals surface area (Å²) in [5.41, 5.74) is 10.3. The summed E-state index contributed by atoms with van der Waals surface area (Å²) in [6, 6.07) is 11.3. The number of nitrogens with two attached hydrogens (primary N) is 1. The lowest BCUT2D eigenvalue weighted by atomic mass is 10.1. The van der Waals surface area contributed by atoms with E-state index >= 15 is 0 Å². The zero-order chi connectivity index (χ0) is 32.0. The second-order valence-electron chi connectivity index (χ2n) is 13.4. The number of carbonyl (C=O) groups is 2. The Morgan fingerprint density at radius 2 is 1.87 bits per heavy atom. The molecule has 9 rings (SSSR count). The van der Waals surface area contributed by atoms with E-state index in [0.717, 1.165) is 47.5 Å². The van der Waals surface area contributed by atoms with E-state index in [-0.39, 0.29) is 29.7 Å². The quantitative estimate of drug-likeness (QED) is 0.259. The summed E-state index contributed by atoms with van der Waals surface area (Å²) in [7, 11) is 1.63. The molecule has 4 aliphatic rings. The molecule has 5 aromatic rings. The Labute approximate surface area is 270 Å². The molecule has 1 aromatic carbocycles. The lowest BCUT2D eigenvalue weighted by Crippen LogP contribution is -2.49. The highest BCUT2D eigenvalue weighted by Crippen LogP contribution is 2.42. The number of amides is 1. The van der Waals surface area contributed by atoms with Crippen molar-refractivity contribution in [2.24, 2.45) is 17.6 Å². The fourth-order valence-corrected chi connectivity index (χ4v) is 7.87. The molecule has 13 heteroatoms. The number of anilines is 1. The van der Waals surface area contributed by atoms with Gasteiger partial charge in [-0.05, 0) is 73.9 Å². The number of imidazole rings is 1. The maximum Gasteiger partial charge on any atom is 0.354 e. The van der Waals surface area contributed by atoms with Crippen LogP contribution in [0.5, 0.6) is 5.75 Å². The molecule has 2 aliphatic carbocycles. The van der Waals surface area contributed by atoms with E-state index in [2.05, 4.69) is 31.2 Å². The maximum absolute atomic E-state index is 13.9. The van der Waals surface area contributed by atoms with Gasteiger partial charge in [0.15, 0.2) is 11.5 Å². The van der Waals surface area contributed by atoms with Crippen molar-refractivity contribution in [1.82, 2.24) is 34.0 Å². The number of ether oxygens (including phenoxy) is 1. The molecule has 2 bridgehead atoms. The Kier molecular flexibility index (Phi) is 6.30. The summed E-state index contributed by atoms with van der Waals surface area (Å²) in [5.74, 6) is 1.53. The van der Waals surface area contributed by atoms with Crippen molar-refractivity contribution in [3.8, 4) is 17.3 Å². The van der Waals surface area contributed by atoms with E-state index in [4.69, 9.17) is 20.4 Å². The third-order valence-electron chi connectivity index (χ3n) is 10.5. The lowest BCUT2D eigenvalue weighted by molar-refractivity contribution is 0.0685. The first-order valence-electron chi connectivity index (χ1n) is 16.3. The molecule has 13 nitrogen and oxygen atoms in total. The molecule has 47 heavy (non-hydrogen) atoms. The van der Waals surface area contributed by atoms with Crippen LogP contribution in [0.4, 0.5) is 5.95 Å². The van der Waals surface area contributed by atoms with Crippen molar-refractivity contribution in [3.63, 3.8) is 0 Å². The van der Waals surface area contributed by atoms with Gasteiger partial charge in [-0.25, -0.2) is 24.7 Å². The monoisotopic (exact) mass is 633 g/mol. The summed E-state index contributed by atoms with van der Waals surface area (Å²) in [6.07, 6.45) is 7.69. The molecule has 2 aliphatic heterocycles. The molecular weight excluding hydrogens is 598 g/mol. The molecular formula is C34H35N9O4. The van der Waals surface area contributed by atoms with Gasteiger partial charge < -0.3 is 34.5 Å².